The van der Waals surface area contributed by atoms with Crippen LogP contribution in [0, 0.1) is 0 Å². The van der Waals surface area contributed by atoms with Gasteiger partial charge in [-0.2, -0.15) is 0 Å². The van der Waals surface area contributed by atoms with Crippen LogP contribution in [0.25, 0.3) is 0 Å². The molecule has 110 valence electrons. The van der Waals surface area contributed by atoms with Crippen LogP contribution in [0.3, 0.4) is 0 Å². The molecule has 3 nitrogen and oxygen atoms in total. The second-order valence-electron chi connectivity index (χ2n) is 6.32. The molecule has 0 spiro atoms. The van der Waals surface area contributed by atoms with Crippen molar-refractivity contribution in [3.05, 3.63) is 28.2 Å². The molecule has 20 heavy (non-hydrogen) atoms. The highest BCUT2D eigenvalue weighted by Crippen LogP contribution is 2.39. The largest absolute Gasteiger partial charge is 0.497 e. The van der Waals surface area contributed by atoms with Crippen LogP contribution >= 0.6 is 15.9 Å². The molecule has 1 saturated carbocycles. The van der Waals surface area contributed by atoms with E-state index >= 15 is 0 Å². The fourth-order valence-electron chi connectivity index (χ4n) is 3.42. The number of ether oxygens (including phenoxy) is 1. The average molecular weight is 340 g/mol. The number of hydrogen-bond donors (Lipinski definition) is 1. The molecule has 1 N–H and O–H groups in total. The quantitative estimate of drug-likeness (QED) is 0.915. The van der Waals surface area contributed by atoms with Gasteiger partial charge in [0, 0.05) is 29.5 Å². The van der Waals surface area contributed by atoms with Gasteiger partial charge in [-0.3, -0.25) is 4.90 Å². The van der Waals surface area contributed by atoms with Crippen molar-refractivity contribution in [1.29, 1.82) is 0 Å². The second-order valence-corrected chi connectivity index (χ2v) is 7.17. The molecule has 0 radical (unpaired) electrons. The second kappa shape index (κ2) is 5.32. The number of nitrogens with zero attached hydrogens (tertiary/aromatic N) is 1. The smallest absolute Gasteiger partial charge is 0.119 e. The summed E-state index contributed by atoms with van der Waals surface area (Å²) in [4.78, 5) is 2.48. The first-order valence-electron chi connectivity index (χ1n) is 7.31. The zero-order valence-electron chi connectivity index (χ0n) is 12.1. The first kappa shape index (κ1) is 14.4. The van der Waals surface area contributed by atoms with Crippen LogP contribution in [0.4, 0.5) is 0 Å². The molecule has 2 unspecified atom stereocenters. The molecule has 1 aromatic rings. The van der Waals surface area contributed by atoms with Crippen molar-refractivity contribution in [2.24, 2.45) is 0 Å². The Bertz CT molecular complexity index is 503. The molecule has 1 aromatic carbocycles. The lowest BCUT2D eigenvalue weighted by Gasteiger charge is -2.24. The van der Waals surface area contributed by atoms with Crippen LogP contribution in [0.15, 0.2) is 22.7 Å². The fraction of sp³-hybridized carbons (Fsp3) is 0.625. The predicted molar refractivity (Wildman–Crippen MR) is 83.2 cm³/mol. The number of methoxy groups -OCH3 is 1. The number of β-amino-alcohol motifs (C(OH)–C–C–N with tert-alkyl or cyclic N) is 1. The van der Waals surface area contributed by atoms with Gasteiger partial charge < -0.3 is 9.84 Å². The number of halogens is 1. The van der Waals surface area contributed by atoms with Crippen LogP contribution in [0.1, 0.15) is 31.7 Å². The Hall–Kier alpha value is -0.580. The summed E-state index contributed by atoms with van der Waals surface area (Å²) in [7, 11) is 1.67. The summed E-state index contributed by atoms with van der Waals surface area (Å²) in [6, 6.07) is 7.15. The highest BCUT2D eigenvalue weighted by atomic mass is 79.9. The number of aliphatic hydroxyl groups is 1. The summed E-state index contributed by atoms with van der Waals surface area (Å²) in [5, 5.41) is 10.9. The molecule has 1 heterocycles. The van der Waals surface area contributed by atoms with Gasteiger partial charge >= 0.3 is 0 Å². The third-order valence-corrected chi connectivity index (χ3v) is 5.28. The lowest BCUT2D eigenvalue weighted by Crippen LogP contribution is -2.36. The van der Waals surface area contributed by atoms with Crippen LogP contribution in [-0.2, 0) is 6.42 Å². The summed E-state index contributed by atoms with van der Waals surface area (Å²) >= 11 is 3.58. The van der Waals surface area contributed by atoms with Crippen LogP contribution in [-0.4, -0.2) is 41.3 Å². The van der Waals surface area contributed by atoms with Crippen molar-refractivity contribution < 1.29 is 9.84 Å². The average Bonchev–Trinajstić information content (AvgIpc) is 3.19. The van der Waals surface area contributed by atoms with Crippen molar-refractivity contribution in [3.63, 3.8) is 0 Å². The van der Waals surface area contributed by atoms with Gasteiger partial charge in [-0.25, -0.2) is 0 Å². The van der Waals surface area contributed by atoms with Crippen LogP contribution < -0.4 is 4.74 Å². The minimum atomic E-state index is -0.614. The van der Waals surface area contributed by atoms with Crippen LogP contribution in [0.2, 0.25) is 0 Å². The van der Waals surface area contributed by atoms with E-state index in [1.807, 2.05) is 18.2 Å². The molecule has 1 aliphatic carbocycles. The van der Waals surface area contributed by atoms with Gasteiger partial charge in [0.25, 0.3) is 0 Å². The highest BCUT2D eigenvalue weighted by Gasteiger charge is 2.46. The first-order valence-corrected chi connectivity index (χ1v) is 8.10. The maximum absolute atomic E-state index is 10.9. The van der Waals surface area contributed by atoms with Gasteiger partial charge in [0.1, 0.15) is 5.75 Å². The van der Waals surface area contributed by atoms with E-state index in [9.17, 15) is 5.11 Å². The number of hydrogen-bond acceptors (Lipinski definition) is 3. The van der Waals surface area contributed by atoms with Crippen molar-refractivity contribution in [3.8, 4) is 5.75 Å². The monoisotopic (exact) mass is 339 g/mol. The third-order valence-electron chi connectivity index (χ3n) is 4.51. The van der Waals surface area contributed by atoms with E-state index in [1.165, 1.54) is 12.8 Å². The fourth-order valence-corrected chi connectivity index (χ4v) is 3.81. The van der Waals surface area contributed by atoms with E-state index < -0.39 is 5.60 Å². The standard InChI is InChI=1S/C16H22BrNO2/c1-11-8-16(19,10-18(11)13-3-4-13)9-12-7-14(20-2)5-6-15(12)17/h5-7,11,13,19H,3-4,8-10H2,1-2H3. The lowest BCUT2D eigenvalue weighted by atomic mass is 9.92. The van der Waals surface area contributed by atoms with Crippen molar-refractivity contribution in [1.82, 2.24) is 4.90 Å². The molecule has 2 aliphatic rings. The zero-order chi connectivity index (χ0) is 14.3. The van der Waals surface area contributed by atoms with E-state index in [0.717, 1.165) is 28.8 Å². The topological polar surface area (TPSA) is 32.7 Å². The van der Waals surface area contributed by atoms with Crippen molar-refractivity contribution in [2.45, 2.75) is 50.3 Å². The molecule has 0 amide bonds. The van der Waals surface area contributed by atoms with Gasteiger partial charge in [-0.15, -0.1) is 0 Å². The molecule has 1 aliphatic heterocycles. The lowest BCUT2D eigenvalue weighted by molar-refractivity contribution is 0.0485. The molecule has 2 atom stereocenters. The van der Waals surface area contributed by atoms with Crippen LogP contribution in [0.5, 0.6) is 5.75 Å². The Labute approximate surface area is 129 Å². The molecule has 4 heteroatoms. The minimum absolute atomic E-state index is 0.483. The third kappa shape index (κ3) is 2.87. The maximum atomic E-state index is 10.9. The Balaban J connectivity index is 1.76. The Kier molecular flexibility index (Phi) is 3.82. The predicted octanol–water partition coefficient (Wildman–Crippen LogP) is 2.99. The molecule has 3 rings (SSSR count). The first-order chi connectivity index (χ1) is 9.50. The van der Waals surface area contributed by atoms with Gasteiger partial charge in [0.15, 0.2) is 0 Å². The zero-order valence-corrected chi connectivity index (χ0v) is 13.7. The van der Waals surface area contributed by atoms with E-state index in [4.69, 9.17) is 4.74 Å². The number of rotatable bonds is 4. The highest BCUT2D eigenvalue weighted by molar-refractivity contribution is 9.10. The normalized spacial score (nSPS) is 30.7. The summed E-state index contributed by atoms with van der Waals surface area (Å²) in [6.45, 7) is 3.03. The molecule has 0 aromatic heterocycles. The van der Waals surface area contributed by atoms with Gasteiger partial charge in [-0.1, -0.05) is 15.9 Å². The van der Waals surface area contributed by atoms with E-state index in [1.54, 1.807) is 7.11 Å². The number of likely N-dealkylation sites (tertiary alicyclic amines) is 1. The summed E-state index contributed by atoms with van der Waals surface area (Å²) in [5.74, 6) is 0.844. The minimum Gasteiger partial charge on any atom is -0.497 e. The summed E-state index contributed by atoms with van der Waals surface area (Å²) in [6.07, 6.45) is 4.12. The van der Waals surface area contributed by atoms with Gasteiger partial charge in [0.05, 0.1) is 12.7 Å². The van der Waals surface area contributed by atoms with E-state index in [2.05, 4.69) is 27.8 Å². The molecule has 1 saturated heterocycles. The maximum Gasteiger partial charge on any atom is 0.119 e. The molecule has 0 bridgehead atoms. The van der Waals surface area contributed by atoms with Crippen molar-refractivity contribution in [2.75, 3.05) is 13.7 Å². The Morgan fingerprint density at radius 1 is 1.45 bits per heavy atom. The molecular weight excluding hydrogens is 318 g/mol. The van der Waals surface area contributed by atoms with Crippen molar-refractivity contribution >= 4 is 15.9 Å². The van der Waals surface area contributed by atoms with Gasteiger partial charge in [0.2, 0.25) is 0 Å². The summed E-state index contributed by atoms with van der Waals surface area (Å²) in [5.41, 5.74) is 0.508. The SMILES string of the molecule is COc1ccc(Br)c(CC2(O)CC(C)N(C3CC3)C2)c1. The Morgan fingerprint density at radius 3 is 2.85 bits per heavy atom. The number of benzene rings is 1. The molecular formula is C16H22BrNO2. The van der Waals surface area contributed by atoms with Gasteiger partial charge in [-0.05, 0) is 49.9 Å². The van der Waals surface area contributed by atoms with E-state index in [-0.39, 0.29) is 0 Å². The molecule has 2 fully saturated rings. The Morgan fingerprint density at radius 2 is 2.20 bits per heavy atom. The van der Waals surface area contributed by atoms with E-state index in [0.29, 0.717) is 18.5 Å². The summed E-state index contributed by atoms with van der Waals surface area (Å²) < 4.78 is 6.33.